The first-order chi connectivity index (χ1) is 8.98. The number of hydrogen-bond donors (Lipinski definition) is 2. The van der Waals surface area contributed by atoms with Crippen molar-refractivity contribution in [2.75, 3.05) is 6.54 Å². The molecule has 0 aliphatic rings. The highest BCUT2D eigenvalue weighted by atomic mass is 16.1. The molecule has 1 amide bonds. The van der Waals surface area contributed by atoms with Crippen molar-refractivity contribution in [1.29, 1.82) is 0 Å². The van der Waals surface area contributed by atoms with E-state index in [1.807, 2.05) is 45.2 Å². The molecule has 3 N–H and O–H groups in total. The van der Waals surface area contributed by atoms with Gasteiger partial charge < -0.3 is 11.1 Å². The van der Waals surface area contributed by atoms with E-state index in [0.29, 0.717) is 12.1 Å². The average Bonchev–Trinajstić information content (AvgIpc) is 2.82. The van der Waals surface area contributed by atoms with Crippen LogP contribution in [0.2, 0.25) is 0 Å². The molecule has 0 spiro atoms. The minimum absolute atomic E-state index is 0.136. The third-order valence-corrected chi connectivity index (χ3v) is 3.77. The van der Waals surface area contributed by atoms with Gasteiger partial charge in [-0.3, -0.25) is 4.79 Å². The predicted molar refractivity (Wildman–Crippen MR) is 75.0 cm³/mol. The molecule has 0 radical (unpaired) electrons. The predicted octanol–water partition coefficient (Wildman–Crippen LogP) is 1.44. The fraction of sp³-hybridized carbons (Fsp3) is 0.429. The summed E-state index contributed by atoms with van der Waals surface area (Å²) in [5.41, 5.74) is 6.74. The van der Waals surface area contributed by atoms with E-state index >= 15 is 0 Å². The first kappa shape index (κ1) is 13.5. The summed E-state index contributed by atoms with van der Waals surface area (Å²) in [5, 5.41) is 7.18. The van der Waals surface area contributed by atoms with E-state index in [-0.39, 0.29) is 11.8 Å². The Morgan fingerprint density at radius 3 is 2.89 bits per heavy atom. The molecule has 1 unspecified atom stereocenters. The highest BCUT2D eigenvalue weighted by Gasteiger charge is 2.29. The third kappa shape index (κ3) is 2.46. The minimum atomic E-state index is -0.417. The zero-order valence-electron chi connectivity index (χ0n) is 11.6. The van der Waals surface area contributed by atoms with E-state index in [4.69, 9.17) is 5.73 Å². The molecule has 2 aromatic heterocycles. The molecule has 2 heterocycles. The standard InChI is InChI=1S/C14H20N4O/c1-10(2)14(3,9-15)17-13(19)11-8-16-18-7-5-4-6-12(11)18/h4-8,10H,9,15H2,1-3H3,(H,17,19). The number of carbonyl (C=O) groups is 1. The lowest BCUT2D eigenvalue weighted by Gasteiger charge is -2.33. The second-order valence-corrected chi connectivity index (χ2v) is 5.32. The maximum Gasteiger partial charge on any atom is 0.255 e. The first-order valence-corrected chi connectivity index (χ1v) is 6.43. The lowest BCUT2D eigenvalue weighted by molar-refractivity contribution is 0.0885. The van der Waals surface area contributed by atoms with Gasteiger partial charge in [0.25, 0.3) is 5.91 Å². The smallest absolute Gasteiger partial charge is 0.255 e. The van der Waals surface area contributed by atoms with Gasteiger partial charge in [0, 0.05) is 12.7 Å². The molecule has 19 heavy (non-hydrogen) atoms. The molecule has 0 aliphatic heterocycles. The van der Waals surface area contributed by atoms with Crippen LogP contribution in [-0.2, 0) is 0 Å². The lowest BCUT2D eigenvalue weighted by Crippen LogP contribution is -2.55. The van der Waals surface area contributed by atoms with Crippen molar-refractivity contribution in [1.82, 2.24) is 14.9 Å². The van der Waals surface area contributed by atoms with Crippen molar-refractivity contribution < 1.29 is 4.79 Å². The van der Waals surface area contributed by atoms with E-state index in [2.05, 4.69) is 10.4 Å². The molecule has 0 fully saturated rings. The van der Waals surface area contributed by atoms with Crippen LogP contribution < -0.4 is 11.1 Å². The van der Waals surface area contributed by atoms with Crippen LogP contribution in [0, 0.1) is 5.92 Å². The van der Waals surface area contributed by atoms with Gasteiger partial charge >= 0.3 is 0 Å². The van der Waals surface area contributed by atoms with E-state index in [1.165, 1.54) is 0 Å². The minimum Gasteiger partial charge on any atom is -0.345 e. The quantitative estimate of drug-likeness (QED) is 0.873. The summed E-state index contributed by atoms with van der Waals surface area (Å²) in [6.45, 7) is 6.45. The number of pyridine rings is 1. The Morgan fingerprint density at radius 1 is 1.53 bits per heavy atom. The molecular formula is C14H20N4O. The number of carbonyl (C=O) groups excluding carboxylic acids is 1. The molecule has 5 nitrogen and oxygen atoms in total. The number of aromatic nitrogens is 2. The van der Waals surface area contributed by atoms with Crippen molar-refractivity contribution in [2.24, 2.45) is 11.7 Å². The van der Waals surface area contributed by atoms with E-state index in [0.717, 1.165) is 5.52 Å². The van der Waals surface area contributed by atoms with Gasteiger partial charge in [0.1, 0.15) is 0 Å². The SMILES string of the molecule is CC(C)C(C)(CN)NC(=O)c1cnn2ccccc12. The summed E-state index contributed by atoms with van der Waals surface area (Å²) < 4.78 is 1.68. The van der Waals surface area contributed by atoms with Crippen LogP contribution in [0.15, 0.2) is 30.6 Å². The topological polar surface area (TPSA) is 72.4 Å². The van der Waals surface area contributed by atoms with Crippen LogP contribution >= 0.6 is 0 Å². The molecule has 5 heteroatoms. The van der Waals surface area contributed by atoms with Crippen molar-refractivity contribution in [3.05, 3.63) is 36.2 Å². The van der Waals surface area contributed by atoms with Crippen molar-refractivity contribution in [2.45, 2.75) is 26.3 Å². The van der Waals surface area contributed by atoms with Crippen molar-refractivity contribution in [3.8, 4) is 0 Å². The molecule has 102 valence electrons. The summed E-state index contributed by atoms with van der Waals surface area (Å²) in [7, 11) is 0. The van der Waals surface area contributed by atoms with Gasteiger partial charge in [-0.15, -0.1) is 0 Å². The Morgan fingerprint density at radius 2 is 2.26 bits per heavy atom. The Balaban J connectivity index is 2.30. The normalized spacial score (nSPS) is 14.6. The summed E-state index contributed by atoms with van der Waals surface area (Å²) in [4.78, 5) is 12.4. The number of nitrogens with one attached hydrogen (secondary N) is 1. The number of fused-ring (bicyclic) bond motifs is 1. The third-order valence-electron chi connectivity index (χ3n) is 3.77. The number of amides is 1. The molecule has 2 aromatic rings. The van der Waals surface area contributed by atoms with Gasteiger partial charge in [0.15, 0.2) is 0 Å². The number of nitrogens with two attached hydrogens (primary N) is 1. The van der Waals surface area contributed by atoms with Crippen LogP contribution in [0.4, 0.5) is 0 Å². The number of rotatable bonds is 4. The van der Waals surface area contributed by atoms with Crippen molar-refractivity contribution >= 4 is 11.4 Å². The van der Waals surface area contributed by atoms with Crippen LogP contribution in [0.5, 0.6) is 0 Å². The summed E-state index contributed by atoms with van der Waals surface area (Å²) in [6.07, 6.45) is 3.40. The molecule has 0 saturated heterocycles. The van der Waals surface area contributed by atoms with Gasteiger partial charge in [0.05, 0.1) is 22.8 Å². The zero-order valence-corrected chi connectivity index (χ0v) is 11.6. The second kappa shape index (κ2) is 5.01. The fourth-order valence-corrected chi connectivity index (χ4v) is 1.87. The molecular weight excluding hydrogens is 240 g/mol. The monoisotopic (exact) mass is 260 g/mol. The second-order valence-electron chi connectivity index (χ2n) is 5.32. The molecule has 1 atom stereocenters. The van der Waals surface area contributed by atoms with Gasteiger partial charge in [0.2, 0.25) is 0 Å². The van der Waals surface area contributed by atoms with Gasteiger partial charge in [-0.1, -0.05) is 19.9 Å². The molecule has 0 bridgehead atoms. The molecule has 0 aromatic carbocycles. The Hall–Kier alpha value is -1.88. The largest absolute Gasteiger partial charge is 0.345 e. The molecule has 0 aliphatic carbocycles. The van der Waals surface area contributed by atoms with E-state index in [9.17, 15) is 4.79 Å². The highest BCUT2D eigenvalue weighted by Crippen LogP contribution is 2.17. The first-order valence-electron chi connectivity index (χ1n) is 6.43. The molecule has 2 rings (SSSR count). The molecule has 0 saturated carbocycles. The van der Waals surface area contributed by atoms with Gasteiger partial charge in [-0.2, -0.15) is 5.10 Å². The Kier molecular flexibility index (Phi) is 3.57. The Bertz CT molecular complexity index is 590. The number of nitrogens with zero attached hydrogens (tertiary/aromatic N) is 2. The summed E-state index contributed by atoms with van der Waals surface area (Å²) in [5.74, 6) is 0.117. The van der Waals surface area contributed by atoms with Crippen LogP contribution in [0.25, 0.3) is 5.52 Å². The van der Waals surface area contributed by atoms with Crippen molar-refractivity contribution in [3.63, 3.8) is 0 Å². The maximum absolute atomic E-state index is 12.4. The van der Waals surface area contributed by atoms with E-state index < -0.39 is 5.54 Å². The average molecular weight is 260 g/mol. The van der Waals surface area contributed by atoms with Gasteiger partial charge in [-0.05, 0) is 25.0 Å². The van der Waals surface area contributed by atoms with Crippen LogP contribution in [0.1, 0.15) is 31.1 Å². The zero-order chi connectivity index (χ0) is 14.0. The van der Waals surface area contributed by atoms with Crippen LogP contribution in [-0.4, -0.2) is 27.6 Å². The fourth-order valence-electron chi connectivity index (χ4n) is 1.87. The van der Waals surface area contributed by atoms with Crippen LogP contribution in [0.3, 0.4) is 0 Å². The lowest BCUT2D eigenvalue weighted by atomic mass is 9.88. The van der Waals surface area contributed by atoms with E-state index in [1.54, 1.807) is 10.7 Å². The van der Waals surface area contributed by atoms with Gasteiger partial charge in [-0.25, -0.2) is 4.52 Å². The number of hydrogen-bond acceptors (Lipinski definition) is 3. The summed E-state index contributed by atoms with van der Waals surface area (Å²) in [6, 6.07) is 5.63. The summed E-state index contributed by atoms with van der Waals surface area (Å²) >= 11 is 0. The highest BCUT2D eigenvalue weighted by molar-refractivity contribution is 6.00. The Labute approximate surface area is 112 Å². The maximum atomic E-state index is 12.4.